The summed E-state index contributed by atoms with van der Waals surface area (Å²) in [5.41, 5.74) is 0.884. The number of carboxylic acids is 1. The first-order valence-electron chi connectivity index (χ1n) is 9.64. The topological polar surface area (TPSA) is 72.7 Å². The maximum Gasteiger partial charge on any atom is 1.00 e. The summed E-state index contributed by atoms with van der Waals surface area (Å²) < 4.78 is 0. The molecule has 1 N–H and O–H groups in total. The summed E-state index contributed by atoms with van der Waals surface area (Å²) in [5.74, 6) is -1.32. The van der Waals surface area contributed by atoms with Gasteiger partial charge in [0.25, 0.3) is 0 Å². The van der Waals surface area contributed by atoms with E-state index in [2.05, 4.69) is 11.9 Å². The second-order valence-electron chi connectivity index (χ2n) is 6.65. The predicted octanol–water partition coefficient (Wildman–Crippen LogP) is 1.37. The SMILES string of the molecule is CCCCCCCCCCCC([O-])=N[C@@H](Cc1ccccc1)C(=O)O.[K+]. The zero-order valence-electron chi connectivity index (χ0n) is 16.5. The molecule has 1 aromatic rings. The van der Waals surface area contributed by atoms with Gasteiger partial charge in [0.1, 0.15) is 6.04 Å². The number of nitrogens with zero attached hydrogens (tertiary/aromatic N) is 1. The predicted molar refractivity (Wildman–Crippen MR) is 101 cm³/mol. The zero-order valence-corrected chi connectivity index (χ0v) is 19.6. The quantitative estimate of drug-likeness (QED) is 0.227. The molecule has 0 bridgehead atoms. The molecule has 0 saturated carbocycles. The Morgan fingerprint density at radius 2 is 1.54 bits per heavy atom. The second-order valence-corrected chi connectivity index (χ2v) is 6.65. The smallest absolute Gasteiger partial charge is 0.862 e. The molecule has 0 aromatic heterocycles. The van der Waals surface area contributed by atoms with E-state index in [1.54, 1.807) is 0 Å². The van der Waals surface area contributed by atoms with E-state index in [0.717, 1.165) is 24.8 Å². The first-order valence-corrected chi connectivity index (χ1v) is 9.64. The van der Waals surface area contributed by atoms with Crippen LogP contribution in [0.3, 0.4) is 0 Å². The van der Waals surface area contributed by atoms with Gasteiger partial charge in [0, 0.05) is 6.42 Å². The van der Waals surface area contributed by atoms with Crippen LogP contribution in [0.4, 0.5) is 0 Å². The van der Waals surface area contributed by atoms with Gasteiger partial charge in [-0.1, -0.05) is 88.6 Å². The largest absolute Gasteiger partial charge is 1.00 e. The summed E-state index contributed by atoms with van der Waals surface area (Å²) in [6, 6.07) is 8.34. The number of aliphatic carboxylic acids is 1. The number of carbonyl (C=O) groups is 1. The molecule has 4 nitrogen and oxygen atoms in total. The van der Waals surface area contributed by atoms with Gasteiger partial charge in [-0.05, 0) is 24.3 Å². The Bertz CT molecular complexity index is 505. The molecule has 0 radical (unpaired) electrons. The van der Waals surface area contributed by atoms with Crippen LogP contribution >= 0.6 is 0 Å². The molecule has 0 fully saturated rings. The van der Waals surface area contributed by atoms with Crippen LogP contribution in [0.1, 0.15) is 76.7 Å². The number of carboxylic acid groups (broad SMARTS) is 1. The van der Waals surface area contributed by atoms with E-state index in [1.807, 2.05) is 30.3 Å². The maximum atomic E-state index is 11.9. The number of rotatable bonds is 14. The molecule has 0 heterocycles. The van der Waals surface area contributed by atoms with E-state index in [9.17, 15) is 15.0 Å². The van der Waals surface area contributed by atoms with Crippen LogP contribution in [0.15, 0.2) is 35.3 Å². The van der Waals surface area contributed by atoms with E-state index < -0.39 is 12.0 Å². The minimum Gasteiger partial charge on any atom is -0.862 e. The summed E-state index contributed by atoms with van der Waals surface area (Å²) in [6.07, 6.45) is 11.3. The third kappa shape index (κ3) is 13.0. The van der Waals surface area contributed by atoms with Crippen molar-refractivity contribution in [2.45, 2.75) is 83.6 Å². The fourth-order valence-electron chi connectivity index (χ4n) is 2.85. The molecule has 0 unspecified atom stereocenters. The van der Waals surface area contributed by atoms with E-state index >= 15 is 0 Å². The van der Waals surface area contributed by atoms with Gasteiger partial charge >= 0.3 is 57.4 Å². The van der Waals surface area contributed by atoms with Crippen LogP contribution in [-0.4, -0.2) is 23.0 Å². The Morgan fingerprint density at radius 3 is 2.08 bits per heavy atom. The van der Waals surface area contributed by atoms with E-state index in [0.29, 0.717) is 6.42 Å². The van der Waals surface area contributed by atoms with Gasteiger partial charge in [-0.2, -0.15) is 0 Å². The Balaban J connectivity index is 0.00000625. The molecule has 26 heavy (non-hydrogen) atoms. The zero-order chi connectivity index (χ0) is 18.3. The van der Waals surface area contributed by atoms with Crippen molar-refractivity contribution in [2.75, 3.05) is 0 Å². The molecule has 140 valence electrons. The Hall–Kier alpha value is -0.204. The summed E-state index contributed by atoms with van der Waals surface area (Å²) >= 11 is 0. The Morgan fingerprint density at radius 1 is 1.00 bits per heavy atom. The van der Waals surface area contributed by atoms with Crippen LogP contribution in [-0.2, 0) is 11.2 Å². The molecule has 1 atom stereocenters. The van der Waals surface area contributed by atoms with Crippen molar-refractivity contribution >= 4 is 11.9 Å². The molecule has 0 amide bonds. The molecule has 1 rings (SSSR count). The average molecular weight is 386 g/mol. The maximum absolute atomic E-state index is 11.9. The van der Waals surface area contributed by atoms with Gasteiger partial charge in [-0.3, -0.25) is 4.99 Å². The first kappa shape index (κ1) is 25.8. The fraction of sp³-hybridized carbons (Fsp3) is 0.619. The van der Waals surface area contributed by atoms with Crippen LogP contribution in [0.2, 0.25) is 0 Å². The molecule has 1 aromatic carbocycles. The molecule has 0 aliphatic heterocycles. The number of aliphatic imine (C=N–C) groups is 1. The minimum atomic E-state index is -1.04. The van der Waals surface area contributed by atoms with Crippen molar-refractivity contribution in [3.05, 3.63) is 35.9 Å². The van der Waals surface area contributed by atoms with Crippen molar-refractivity contribution < 1.29 is 66.4 Å². The van der Waals surface area contributed by atoms with E-state index in [4.69, 9.17) is 0 Å². The fourth-order valence-corrected chi connectivity index (χ4v) is 2.85. The van der Waals surface area contributed by atoms with Crippen molar-refractivity contribution in [3.8, 4) is 0 Å². The first-order chi connectivity index (χ1) is 12.1. The second kappa shape index (κ2) is 16.9. The third-order valence-corrected chi connectivity index (χ3v) is 4.35. The van der Waals surface area contributed by atoms with Gasteiger partial charge in [0.2, 0.25) is 0 Å². The monoisotopic (exact) mass is 385 g/mol. The molecule has 0 aliphatic carbocycles. The van der Waals surface area contributed by atoms with Crippen LogP contribution in [0.25, 0.3) is 0 Å². The number of hydrogen-bond acceptors (Lipinski definition) is 3. The standard InChI is InChI=1S/C21H33NO3.K/c1-2-3-4-5-6-7-8-9-13-16-20(23)22-19(21(24)25)17-18-14-11-10-12-15-18;/h10-12,14-15,19H,2-9,13,16-17H2,1H3,(H,22,23)(H,24,25);/q;+1/p-1/t19-;/m0./s1. The van der Waals surface area contributed by atoms with Gasteiger partial charge in [-0.15, -0.1) is 0 Å². The van der Waals surface area contributed by atoms with E-state index in [-0.39, 0.29) is 63.7 Å². The number of unbranched alkanes of at least 4 members (excludes halogenated alkanes) is 8. The molecule has 5 heteroatoms. The van der Waals surface area contributed by atoms with Gasteiger partial charge < -0.3 is 10.2 Å². The summed E-state index contributed by atoms with van der Waals surface area (Å²) in [4.78, 5) is 15.2. The van der Waals surface area contributed by atoms with Gasteiger partial charge in [0.05, 0.1) is 0 Å². The normalized spacial score (nSPS) is 12.4. The Labute approximate surface area is 200 Å². The van der Waals surface area contributed by atoms with Gasteiger partial charge in [0.15, 0.2) is 0 Å². The molecule has 0 aliphatic rings. The van der Waals surface area contributed by atoms with E-state index in [1.165, 1.54) is 38.5 Å². The summed E-state index contributed by atoms with van der Waals surface area (Å²) in [6.45, 7) is 2.22. The number of benzene rings is 1. The van der Waals surface area contributed by atoms with Crippen molar-refractivity contribution in [3.63, 3.8) is 0 Å². The van der Waals surface area contributed by atoms with Gasteiger partial charge in [-0.25, -0.2) is 4.79 Å². The van der Waals surface area contributed by atoms with Crippen LogP contribution in [0.5, 0.6) is 0 Å². The third-order valence-electron chi connectivity index (χ3n) is 4.35. The van der Waals surface area contributed by atoms with Crippen molar-refractivity contribution in [2.24, 2.45) is 4.99 Å². The molecular weight excluding hydrogens is 353 g/mol. The molecular formula is C21H32KNO3. The summed E-state index contributed by atoms with van der Waals surface area (Å²) in [5, 5.41) is 21.2. The molecule has 0 spiro atoms. The summed E-state index contributed by atoms with van der Waals surface area (Å²) in [7, 11) is 0. The minimum absolute atomic E-state index is 0. The Kier molecular flexibility index (Phi) is 16.8. The number of hydrogen-bond donors (Lipinski definition) is 1. The molecule has 0 saturated heterocycles. The van der Waals surface area contributed by atoms with Crippen molar-refractivity contribution in [1.29, 1.82) is 0 Å². The average Bonchev–Trinajstić information content (AvgIpc) is 2.60. The van der Waals surface area contributed by atoms with Crippen LogP contribution in [0, 0.1) is 0 Å². The van der Waals surface area contributed by atoms with Crippen molar-refractivity contribution in [1.82, 2.24) is 0 Å². The van der Waals surface area contributed by atoms with Crippen LogP contribution < -0.4 is 56.5 Å².